The number of carbonyl (C=O) groups excluding carboxylic acids is 1. The summed E-state index contributed by atoms with van der Waals surface area (Å²) in [5.74, 6) is 0.698. The van der Waals surface area contributed by atoms with Crippen molar-refractivity contribution in [1.29, 1.82) is 0 Å². The molecule has 4 rings (SSSR count). The summed E-state index contributed by atoms with van der Waals surface area (Å²) < 4.78 is 21.1. The summed E-state index contributed by atoms with van der Waals surface area (Å²) in [5.41, 5.74) is 1.51. The maximum Gasteiger partial charge on any atom is 0.315 e. The highest BCUT2D eigenvalue weighted by Crippen LogP contribution is 2.43. The van der Waals surface area contributed by atoms with Crippen molar-refractivity contribution in [2.45, 2.75) is 57.1 Å². The Morgan fingerprint density at radius 3 is 2.31 bits per heavy atom. The van der Waals surface area contributed by atoms with Crippen molar-refractivity contribution in [3.8, 4) is 28.7 Å². The van der Waals surface area contributed by atoms with E-state index >= 15 is 0 Å². The molecule has 0 saturated carbocycles. The Morgan fingerprint density at radius 1 is 0.972 bits per heavy atom. The molecule has 0 spiro atoms. The number of fused-ring (bicyclic) bond motifs is 2. The summed E-state index contributed by atoms with van der Waals surface area (Å²) in [6.45, 7) is 2.89. The van der Waals surface area contributed by atoms with Crippen LogP contribution in [0, 0.1) is 13.8 Å². The average molecular weight is 510 g/mol. The molecule has 7 N–H and O–H groups in total. The Hall–Kier alpha value is -3.13. The Labute approximate surface area is 206 Å². The molecule has 36 heavy (non-hydrogen) atoms. The van der Waals surface area contributed by atoms with Crippen molar-refractivity contribution in [3.63, 3.8) is 0 Å². The third kappa shape index (κ3) is 5.64. The van der Waals surface area contributed by atoms with Gasteiger partial charge in [-0.1, -0.05) is 0 Å². The largest absolute Gasteiger partial charge is 0.508 e. The zero-order chi connectivity index (χ0) is 26.7. The van der Waals surface area contributed by atoms with Gasteiger partial charge >= 0.3 is 5.97 Å². The van der Waals surface area contributed by atoms with E-state index < -0.39 is 49.4 Å². The van der Waals surface area contributed by atoms with Gasteiger partial charge in [0, 0.05) is 22.8 Å². The van der Waals surface area contributed by atoms with Gasteiger partial charge in [0.1, 0.15) is 59.3 Å². The molecule has 2 aromatic carbocycles. The van der Waals surface area contributed by atoms with E-state index in [9.17, 15) is 15.0 Å². The van der Waals surface area contributed by atoms with E-state index in [0.717, 1.165) is 0 Å². The highest BCUT2D eigenvalue weighted by atomic mass is 16.6. The number of benzene rings is 2. The summed E-state index contributed by atoms with van der Waals surface area (Å²) in [4.78, 5) is 12.2. The highest BCUT2D eigenvalue weighted by molar-refractivity contribution is 5.76. The van der Waals surface area contributed by atoms with Gasteiger partial charge in [0.2, 0.25) is 0 Å². The molecule has 2 aromatic rings. The number of phenolic OH excluding ortho intramolecular Hbond substituents is 2. The number of esters is 1. The van der Waals surface area contributed by atoms with E-state index in [1.165, 1.54) is 19.2 Å². The number of aliphatic hydroxyl groups is 5. The van der Waals surface area contributed by atoms with Gasteiger partial charge < -0.3 is 54.7 Å². The minimum atomic E-state index is -1.57. The van der Waals surface area contributed by atoms with Crippen molar-refractivity contribution < 1.29 is 59.5 Å². The third-order valence-electron chi connectivity index (χ3n) is 5.99. The molecular weight excluding hydrogens is 480 g/mol. The molecule has 0 radical (unpaired) electrons. The zero-order valence-corrected chi connectivity index (χ0v) is 19.9. The Morgan fingerprint density at radius 2 is 1.67 bits per heavy atom. The Kier molecular flexibility index (Phi) is 8.61. The summed E-state index contributed by atoms with van der Waals surface area (Å²) in [6.07, 6.45) is -7.88. The second-order valence-electron chi connectivity index (χ2n) is 8.40. The normalized spacial score (nSPS) is 27.5. The summed E-state index contributed by atoms with van der Waals surface area (Å²) in [5, 5.41) is 64.8. The van der Waals surface area contributed by atoms with E-state index in [1.54, 1.807) is 26.0 Å². The molecule has 0 aromatic heterocycles. The van der Waals surface area contributed by atoms with Crippen molar-refractivity contribution in [2.24, 2.45) is 0 Å². The molecule has 12 nitrogen and oxygen atoms in total. The monoisotopic (exact) mass is 510 g/mol. The highest BCUT2D eigenvalue weighted by Gasteiger charge is 2.42. The van der Waals surface area contributed by atoms with E-state index in [2.05, 4.69) is 4.74 Å². The fraction of sp³-hybridized carbons (Fsp3) is 0.458. The molecule has 12 heteroatoms. The number of hydrogen-bond donors (Lipinski definition) is 7. The van der Waals surface area contributed by atoms with Gasteiger partial charge in [-0.05, 0) is 32.0 Å². The summed E-state index contributed by atoms with van der Waals surface area (Å²) in [7, 11) is 1.51. The predicted octanol–water partition coefficient (Wildman–Crippen LogP) is -0.0690. The average Bonchev–Trinajstić information content (AvgIpc) is 2.85. The van der Waals surface area contributed by atoms with Crippen molar-refractivity contribution in [3.05, 3.63) is 41.0 Å². The minimum Gasteiger partial charge on any atom is -0.508 e. The number of hydrogen-bond acceptors (Lipinski definition) is 12. The van der Waals surface area contributed by atoms with Crippen LogP contribution in [0.5, 0.6) is 28.7 Å². The molecular formula is C24H30O12. The molecule has 1 saturated heterocycles. The molecule has 2 bridgehead atoms. The molecule has 0 unspecified atom stereocenters. The van der Waals surface area contributed by atoms with Crippen LogP contribution in [-0.2, 0) is 9.53 Å². The van der Waals surface area contributed by atoms with Crippen molar-refractivity contribution >= 4 is 5.97 Å². The fourth-order valence-corrected chi connectivity index (χ4v) is 3.80. The van der Waals surface area contributed by atoms with Crippen LogP contribution in [0.2, 0.25) is 0 Å². The first kappa shape index (κ1) is 27.5. The van der Waals surface area contributed by atoms with Crippen LogP contribution in [0.25, 0.3) is 0 Å². The SMILES string of the molecule is COc1ccc(O)c([C@@H]2CC(=O)Oc3c(C)c(O)cc(c3C)O2)c1.OC[C@H]1O[C@@H](O)[C@H](O)[C@@H](O)[C@@H]1O. The van der Waals surface area contributed by atoms with Crippen LogP contribution in [0.3, 0.4) is 0 Å². The number of carbonyl (C=O) groups is 1. The van der Waals surface area contributed by atoms with Crippen molar-refractivity contribution in [2.75, 3.05) is 13.7 Å². The van der Waals surface area contributed by atoms with Crippen LogP contribution >= 0.6 is 0 Å². The molecule has 198 valence electrons. The fourth-order valence-electron chi connectivity index (χ4n) is 3.80. The van der Waals surface area contributed by atoms with Gasteiger partial charge in [0.25, 0.3) is 0 Å². The quantitative estimate of drug-likeness (QED) is 0.215. The molecule has 2 aliphatic rings. The third-order valence-corrected chi connectivity index (χ3v) is 5.99. The zero-order valence-electron chi connectivity index (χ0n) is 19.9. The van der Waals surface area contributed by atoms with Gasteiger partial charge in [-0.25, -0.2) is 0 Å². The van der Waals surface area contributed by atoms with Crippen LogP contribution in [-0.4, -0.2) is 86.1 Å². The van der Waals surface area contributed by atoms with E-state index in [0.29, 0.717) is 33.9 Å². The maximum atomic E-state index is 12.2. The van der Waals surface area contributed by atoms with Gasteiger partial charge in [0.15, 0.2) is 6.29 Å². The first-order valence-corrected chi connectivity index (χ1v) is 11.0. The maximum absolute atomic E-state index is 12.2. The molecule has 2 aliphatic heterocycles. The first-order chi connectivity index (χ1) is 17.0. The van der Waals surface area contributed by atoms with E-state index in [1.807, 2.05) is 0 Å². The van der Waals surface area contributed by atoms with Crippen LogP contribution < -0.4 is 14.2 Å². The Bertz CT molecular complexity index is 1080. The van der Waals surface area contributed by atoms with E-state index in [-0.39, 0.29) is 17.9 Å². The van der Waals surface area contributed by atoms with Gasteiger partial charge in [-0.2, -0.15) is 0 Å². The topological polar surface area (TPSA) is 196 Å². The smallest absolute Gasteiger partial charge is 0.315 e. The predicted molar refractivity (Wildman–Crippen MR) is 122 cm³/mol. The van der Waals surface area contributed by atoms with Crippen molar-refractivity contribution in [1.82, 2.24) is 0 Å². The number of ether oxygens (including phenoxy) is 4. The number of aliphatic hydroxyl groups excluding tert-OH is 5. The lowest BCUT2D eigenvalue weighted by Crippen LogP contribution is -2.58. The Balaban J connectivity index is 0.000000253. The minimum absolute atomic E-state index is 0.0108. The molecule has 1 fully saturated rings. The first-order valence-electron chi connectivity index (χ1n) is 11.0. The lowest BCUT2D eigenvalue weighted by molar-refractivity contribution is -0.286. The van der Waals surface area contributed by atoms with Gasteiger partial charge in [0.05, 0.1) is 20.1 Å². The van der Waals surface area contributed by atoms with Crippen LogP contribution in [0.15, 0.2) is 24.3 Å². The van der Waals surface area contributed by atoms with Gasteiger partial charge in [-0.3, -0.25) is 4.79 Å². The molecule has 2 heterocycles. The standard InChI is InChI=1S/C18H18O6.C6H12O6/c1-9-14(20)7-15-10(2)18(9)24-17(21)8-16(23-15)12-6-11(22-3)4-5-13(12)19;7-1-2-3(8)4(9)5(10)6(11)12-2/h4-7,16,19-20H,8H2,1-3H3;2-11H,1H2/t16-;2-,3-,4+,5-,6-/m01/s1. The lowest BCUT2D eigenvalue weighted by atomic mass is 10.00. The van der Waals surface area contributed by atoms with Crippen LogP contribution in [0.1, 0.15) is 29.2 Å². The summed E-state index contributed by atoms with van der Waals surface area (Å²) in [6, 6.07) is 6.18. The van der Waals surface area contributed by atoms with Gasteiger partial charge in [-0.15, -0.1) is 0 Å². The second kappa shape index (κ2) is 11.3. The lowest BCUT2D eigenvalue weighted by Gasteiger charge is -2.37. The number of rotatable bonds is 3. The summed E-state index contributed by atoms with van der Waals surface area (Å²) >= 11 is 0. The van der Waals surface area contributed by atoms with Crippen LogP contribution in [0.4, 0.5) is 0 Å². The number of aromatic hydroxyl groups is 2. The molecule has 6 atom stereocenters. The second-order valence-corrected chi connectivity index (χ2v) is 8.40. The number of methoxy groups -OCH3 is 1. The molecule has 0 amide bonds. The van der Waals surface area contributed by atoms with E-state index in [4.69, 9.17) is 39.7 Å². The number of phenols is 2. The molecule has 0 aliphatic carbocycles.